The molecule has 6 rings (SSSR count). The smallest absolute Gasteiger partial charge is 0.360 e. The molecule has 1 fully saturated rings. The monoisotopic (exact) mass is 627 g/mol. The summed E-state index contributed by atoms with van der Waals surface area (Å²) in [5, 5.41) is 9.79. The number of likely N-dealkylation sites (N-methyl/N-ethyl adjacent to an activating group) is 1. The number of benzene rings is 2. The van der Waals surface area contributed by atoms with Gasteiger partial charge >= 0.3 is 6.18 Å². The molecule has 9 nitrogen and oxygen atoms in total. The number of hydrogen-bond acceptors (Lipinski definition) is 7. The lowest BCUT2D eigenvalue weighted by molar-refractivity contribution is -0.138. The number of alkyl halides is 3. The molecule has 1 aliphatic rings. The van der Waals surface area contributed by atoms with Crippen molar-refractivity contribution in [3.05, 3.63) is 106 Å². The number of rotatable bonds is 6. The lowest BCUT2D eigenvalue weighted by atomic mass is 10.0. The van der Waals surface area contributed by atoms with Crippen LogP contribution in [-0.2, 0) is 12.7 Å². The molecule has 0 aliphatic carbocycles. The molecule has 46 heavy (non-hydrogen) atoms. The standard InChI is InChI=1S/C34H32F3N7O2/c1-22-6-7-25(33(45)39-27-10-8-26(29(19-27)34(35,36)37)21-43-15-13-42(3)14-16-43)18-24(22)9-11-28-20-38-32-30(5-4-12-44(28)32)40-31-17-23(2)46-41-31/h4-8,10,12,17-20H,13-16,21H2,1-3H3,(H,39,45)(H,40,41). The maximum absolute atomic E-state index is 14.1. The fourth-order valence-corrected chi connectivity index (χ4v) is 5.30. The summed E-state index contributed by atoms with van der Waals surface area (Å²) in [5.41, 5.74) is 3.22. The fraction of sp³-hybridized carbons (Fsp3) is 0.265. The predicted octanol–water partition coefficient (Wildman–Crippen LogP) is 6.10. The van der Waals surface area contributed by atoms with Gasteiger partial charge in [0, 0.05) is 61.8 Å². The lowest BCUT2D eigenvalue weighted by Crippen LogP contribution is -2.44. The Morgan fingerprint density at radius 2 is 1.83 bits per heavy atom. The lowest BCUT2D eigenvalue weighted by Gasteiger charge is -2.33. The van der Waals surface area contributed by atoms with Crippen molar-refractivity contribution in [2.45, 2.75) is 26.6 Å². The Morgan fingerprint density at radius 1 is 1.02 bits per heavy atom. The molecule has 0 unspecified atom stereocenters. The van der Waals surface area contributed by atoms with Gasteiger partial charge in [-0.1, -0.05) is 23.2 Å². The number of carbonyl (C=O) groups is 1. The molecule has 0 atom stereocenters. The van der Waals surface area contributed by atoms with Crippen LogP contribution in [-0.4, -0.2) is 63.5 Å². The molecule has 1 saturated heterocycles. The zero-order valence-electron chi connectivity index (χ0n) is 25.6. The molecule has 1 amide bonds. The number of piperazine rings is 1. The third kappa shape index (κ3) is 6.91. The molecule has 4 heterocycles. The van der Waals surface area contributed by atoms with Crippen molar-refractivity contribution in [1.29, 1.82) is 0 Å². The van der Waals surface area contributed by atoms with Crippen molar-refractivity contribution in [3.63, 3.8) is 0 Å². The maximum atomic E-state index is 14.1. The van der Waals surface area contributed by atoms with Crippen LogP contribution in [0.1, 0.15) is 44.1 Å². The number of anilines is 3. The first-order valence-corrected chi connectivity index (χ1v) is 14.7. The van der Waals surface area contributed by atoms with E-state index in [0.717, 1.165) is 30.4 Å². The normalized spacial score (nSPS) is 14.2. The number of fused-ring (bicyclic) bond motifs is 1. The van der Waals surface area contributed by atoms with Gasteiger partial charge in [0.25, 0.3) is 5.91 Å². The van der Waals surface area contributed by atoms with Gasteiger partial charge in [0.1, 0.15) is 11.5 Å². The molecular weight excluding hydrogens is 595 g/mol. The Balaban J connectivity index is 1.20. The molecule has 5 aromatic rings. The van der Waals surface area contributed by atoms with E-state index in [0.29, 0.717) is 41.6 Å². The van der Waals surface area contributed by atoms with Crippen molar-refractivity contribution in [3.8, 4) is 11.8 Å². The summed E-state index contributed by atoms with van der Waals surface area (Å²) >= 11 is 0. The number of nitrogens with zero attached hydrogens (tertiary/aromatic N) is 5. The molecular formula is C34H32F3N7O2. The van der Waals surface area contributed by atoms with Crippen LogP contribution in [0.3, 0.4) is 0 Å². The number of hydrogen-bond donors (Lipinski definition) is 2. The van der Waals surface area contributed by atoms with Gasteiger partial charge in [-0.05, 0) is 74.3 Å². The number of aryl methyl sites for hydroxylation is 2. The van der Waals surface area contributed by atoms with Gasteiger partial charge in [0.15, 0.2) is 11.5 Å². The van der Waals surface area contributed by atoms with E-state index in [-0.39, 0.29) is 23.4 Å². The summed E-state index contributed by atoms with van der Waals surface area (Å²) in [5.74, 6) is 6.95. The number of carbonyl (C=O) groups excluding carboxylic acids is 1. The minimum atomic E-state index is -4.56. The molecule has 2 aromatic carbocycles. The summed E-state index contributed by atoms with van der Waals surface area (Å²) in [6.45, 7) is 6.88. The molecule has 1 aliphatic heterocycles. The number of aromatic nitrogens is 3. The SMILES string of the molecule is Cc1cc(Nc2cccn3c(C#Cc4cc(C(=O)Nc5ccc(CN6CCN(C)CC6)c(C(F)(F)F)c5)ccc4C)cnc23)no1. The highest BCUT2D eigenvalue weighted by atomic mass is 19.4. The van der Waals surface area contributed by atoms with E-state index < -0.39 is 17.6 Å². The van der Waals surface area contributed by atoms with E-state index in [4.69, 9.17) is 4.52 Å². The molecule has 3 aromatic heterocycles. The van der Waals surface area contributed by atoms with Crippen LogP contribution in [0.4, 0.5) is 30.4 Å². The molecule has 2 N–H and O–H groups in total. The van der Waals surface area contributed by atoms with Crippen LogP contribution in [0, 0.1) is 25.7 Å². The highest BCUT2D eigenvalue weighted by molar-refractivity contribution is 6.04. The number of imidazole rings is 1. The highest BCUT2D eigenvalue weighted by Gasteiger charge is 2.34. The quantitative estimate of drug-likeness (QED) is 0.220. The summed E-state index contributed by atoms with van der Waals surface area (Å²) in [7, 11) is 2.00. The minimum absolute atomic E-state index is 0.0728. The van der Waals surface area contributed by atoms with Crippen LogP contribution in [0.25, 0.3) is 5.65 Å². The minimum Gasteiger partial charge on any atom is -0.360 e. The van der Waals surface area contributed by atoms with E-state index in [2.05, 4.69) is 37.5 Å². The average Bonchev–Trinajstić information content (AvgIpc) is 3.64. The third-order valence-corrected chi connectivity index (χ3v) is 7.91. The van der Waals surface area contributed by atoms with Gasteiger partial charge in [0.2, 0.25) is 0 Å². The first kappa shape index (κ1) is 30.9. The van der Waals surface area contributed by atoms with Crippen molar-refractivity contribution >= 4 is 28.7 Å². The molecule has 0 radical (unpaired) electrons. The number of amides is 1. The van der Waals surface area contributed by atoms with E-state index >= 15 is 0 Å². The predicted molar refractivity (Wildman–Crippen MR) is 169 cm³/mol. The Kier molecular flexibility index (Phi) is 8.53. The van der Waals surface area contributed by atoms with Gasteiger partial charge in [-0.15, -0.1) is 0 Å². The van der Waals surface area contributed by atoms with E-state index in [1.807, 2.05) is 41.6 Å². The summed E-state index contributed by atoms with van der Waals surface area (Å²) in [4.78, 5) is 21.9. The first-order valence-electron chi connectivity index (χ1n) is 14.7. The van der Waals surface area contributed by atoms with Gasteiger partial charge in [0.05, 0.1) is 17.4 Å². The summed E-state index contributed by atoms with van der Waals surface area (Å²) < 4.78 is 49.1. The Morgan fingerprint density at radius 3 is 2.57 bits per heavy atom. The van der Waals surface area contributed by atoms with Crippen molar-refractivity contribution in [2.75, 3.05) is 43.9 Å². The largest absolute Gasteiger partial charge is 0.416 e. The van der Waals surface area contributed by atoms with E-state index in [1.165, 1.54) is 12.1 Å². The van der Waals surface area contributed by atoms with Crippen molar-refractivity contribution < 1.29 is 22.5 Å². The van der Waals surface area contributed by atoms with Crippen LogP contribution in [0.5, 0.6) is 0 Å². The Labute approximate surface area is 264 Å². The van der Waals surface area contributed by atoms with E-state index in [9.17, 15) is 18.0 Å². The summed E-state index contributed by atoms with van der Waals surface area (Å²) in [6, 6.07) is 14.5. The van der Waals surface area contributed by atoms with Crippen LogP contribution < -0.4 is 10.6 Å². The second kappa shape index (κ2) is 12.7. The Bertz CT molecular complexity index is 1960. The molecule has 0 spiro atoms. The third-order valence-electron chi connectivity index (χ3n) is 7.91. The molecule has 236 valence electrons. The number of pyridine rings is 1. The number of nitrogens with one attached hydrogen (secondary N) is 2. The topological polar surface area (TPSA) is 90.9 Å². The molecule has 0 saturated carbocycles. The zero-order chi connectivity index (χ0) is 32.4. The summed E-state index contributed by atoms with van der Waals surface area (Å²) in [6.07, 6.45) is -1.06. The number of halogens is 3. The maximum Gasteiger partial charge on any atom is 0.416 e. The van der Waals surface area contributed by atoms with Crippen LogP contribution in [0.2, 0.25) is 0 Å². The van der Waals surface area contributed by atoms with Crippen LogP contribution in [0.15, 0.2) is 71.5 Å². The van der Waals surface area contributed by atoms with Crippen molar-refractivity contribution in [2.24, 2.45) is 0 Å². The molecule has 12 heteroatoms. The highest BCUT2D eigenvalue weighted by Crippen LogP contribution is 2.35. The van der Waals surface area contributed by atoms with Gasteiger partial charge < -0.3 is 20.1 Å². The van der Waals surface area contributed by atoms with E-state index in [1.54, 1.807) is 37.4 Å². The van der Waals surface area contributed by atoms with Gasteiger partial charge in [-0.2, -0.15) is 13.2 Å². The fourth-order valence-electron chi connectivity index (χ4n) is 5.30. The van der Waals surface area contributed by atoms with Gasteiger partial charge in [-0.3, -0.25) is 14.1 Å². The average molecular weight is 628 g/mol. The Hall–Kier alpha value is -5.12. The second-order valence-electron chi connectivity index (χ2n) is 11.4. The zero-order valence-corrected chi connectivity index (χ0v) is 25.6. The first-order chi connectivity index (χ1) is 22.0. The second-order valence-corrected chi connectivity index (χ2v) is 11.4. The van der Waals surface area contributed by atoms with Crippen LogP contribution >= 0.6 is 0 Å². The molecule has 0 bridgehead atoms. The van der Waals surface area contributed by atoms with Gasteiger partial charge in [-0.25, -0.2) is 4.98 Å². The van der Waals surface area contributed by atoms with Crippen molar-refractivity contribution in [1.82, 2.24) is 24.3 Å².